The van der Waals surface area contributed by atoms with E-state index in [0.29, 0.717) is 24.5 Å². The maximum atomic E-state index is 11.2. The first kappa shape index (κ1) is 10.6. The third kappa shape index (κ3) is 2.75. The Morgan fingerprint density at radius 1 is 1.67 bits per heavy atom. The molecule has 0 saturated carbocycles. The molecule has 1 unspecified atom stereocenters. The lowest BCUT2D eigenvalue weighted by molar-refractivity contribution is 0.539. The molecule has 0 aliphatic carbocycles. The van der Waals surface area contributed by atoms with Gasteiger partial charge in [-0.15, -0.1) is 0 Å². The van der Waals surface area contributed by atoms with Crippen LogP contribution >= 0.6 is 0 Å². The van der Waals surface area contributed by atoms with E-state index in [4.69, 9.17) is 0 Å². The number of hydrogen-bond acceptors (Lipinski definition) is 5. The average molecular weight is 230 g/mol. The molecule has 0 aromatic carbocycles. The summed E-state index contributed by atoms with van der Waals surface area (Å²) >= 11 is 0. The molecule has 0 radical (unpaired) electrons. The molecule has 1 N–H and O–H groups in total. The molecule has 6 nitrogen and oxygen atoms in total. The van der Waals surface area contributed by atoms with Crippen molar-refractivity contribution in [2.24, 2.45) is 7.05 Å². The largest absolute Gasteiger partial charge is 0.306 e. The van der Waals surface area contributed by atoms with Crippen LogP contribution in [-0.4, -0.2) is 40.7 Å². The zero-order valence-electron chi connectivity index (χ0n) is 8.55. The lowest BCUT2D eigenvalue weighted by atomic mass is 10.2. The molecule has 2 rings (SSSR count). The van der Waals surface area contributed by atoms with E-state index in [9.17, 15) is 8.42 Å². The summed E-state index contributed by atoms with van der Waals surface area (Å²) in [5.41, 5.74) is 0. The Morgan fingerprint density at radius 2 is 2.47 bits per heavy atom. The van der Waals surface area contributed by atoms with Gasteiger partial charge in [-0.05, 0) is 6.42 Å². The van der Waals surface area contributed by atoms with E-state index in [0.717, 1.165) is 0 Å². The van der Waals surface area contributed by atoms with Crippen molar-refractivity contribution in [2.45, 2.75) is 19.0 Å². The standard InChI is InChI=1S/C8H14N4O2S/c1-12-6-10-8(11-12)4-9-7-2-3-15(13,14)5-7/h6-7,9H,2-5H2,1H3. The Balaban J connectivity index is 1.85. The van der Waals surface area contributed by atoms with Gasteiger partial charge < -0.3 is 5.32 Å². The van der Waals surface area contributed by atoms with Crippen molar-refractivity contribution >= 4 is 9.84 Å². The minimum atomic E-state index is -2.80. The number of aromatic nitrogens is 3. The molecular weight excluding hydrogens is 216 g/mol. The number of sulfone groups is 1. The van der Waals surface area contributed by atoms with Crippen molar-refractivity contribution in [3.8, 4) is 0 Å². The van der Waals surface area contributed by atoms with E-state index in [1.165, 1.54) is 0 Å². The van der Waals surface area contributed by atoms with Crippen molar-refractivity contribution in [3.63, 3.8) is 0 Å². The maximum absolute atomic E-state index is 11.2. The van der Waals surface area contributed by atoms with Gasteiger partial charge in [-0.3, -0.25) is 4.68 Å². The minimum absolute atomic E-state index is 0.0545. The summed E-state index contributed by atoms with van der Waals surface area (Å²) in [6.45, 7) is 0.529. The molecule has 1 aliphatic heterocycles. The predicted octanol–water partition coefficient (Wildman–Crippen LogP) is -0.908. The predicted molar refractivity (Wildman–Crippen MR) is 54.9 cm³/mol. The van der Waals surface area contributed by atoms with Gasteiger partial charge in [0.1, 0.15) is 6.33 Å². The summed E-state index contributed by atoms with van der Waals surface area (Å²) in [6, 6.07) is 0.0545. The molecular formula is C8H14N4O2S. The summed E-state index contributed by atoms with van der Waals surface area (Å²) < 4.78 is 24.0. The molecule has 84 valence electrons. The second kappa shape index (κ2) is 3.90. The molecule has 1 atom stereocenters. The van der Waals surface area contributed by atoms with Crippen molar-refractivity contribution in [1.82, 2.24) is 20.1 Å². The van der Waals surface area contributed by atoms with Crippen LogP contribution in [0.4, 0.5) is 0 Å². The maximum Gasteiger partial charge on any atom is 0.164 e. The lowest BCUT2D eigenvalue weighted by Gasteiger charge is -2.07. The van der Waals surface area contributed by atoms with Gasteiger partial charge in [0.25, 0.3) is 0 Å². The zero-order chi connectivity index (χ0) is 10.9. The summed E-state index contributed by atoms with van der Waals surface area (Å²) in [7, 11) is -1.00. The molecule has 1 aliphatic rings. The molecule has 15 heavy (non-hydrogen) atoms. The first-order valence-electron chi connectivity index (χ1n) is 4.83. The zero-order valence-corrected chi connectivity index (χ0v) is 9.37. The topological polar surface area (TPSA) is 76.9 Å². The fourth-order valence-electron chi connectivity index (χ4n) is 1.66. The lowest BCUT2D eigenvalue weighted by Crippen LogP contribution is -2.29. The van der Waals surface area contributed by atoms with Crippen LogP contribution in [0, 0.1) is 0 Å². The van der Waals surface area contributed by atoms with Gasteiger partial charge in [0.15, 0.2) is 15.7 Å². The Labute approximate surface area is 88.6 Å². The van der Waals surface area contributed by atoms with Crippen molar-refractivity contribution in [2.75, 3.05) is 11.5 Å². The summed E-state index contributed by atoms with van der Waals surface area (Å²) in [4.78, 5) is 4.05. The van der Waals surface area contributed by atoms with Gasteiger partial charge in [-0.1, -0.05) is 0 Å². The van der Waals surface area contributed by atoms with Crippen molar-refractivity contribution in [1.29, 1.82) is 0 Å². The smallest absolute Gasteiger partial charge is 0.164 e. The number of rotatable bonds is 3. The number of hydrogen-bond donors (Lipinski definition) is 1. The summed E-state index contributed by atoms with van der Waals surface area (Å²) in [5, 5.41) is 7.25. The Bertz CT molecular complexity index is 439. The van der Waals surface area contributed by atoms with Crippen LogP contribution in [-0.2, 0) is 23.4 Å². The second-order valence-corrected chi connectivity index (χ2v) is 6.04. The van der Waals surface area contributed by atoms with Crippen LogP contribution in [0.15, 0.2) is 6.33 Å². The van der Waals surface area contributed by atoms with E-state index >= 15 is 0 Å². The Hall–Kier alpha value is -0.950. The van der Waals surface area contributed by atoms with Crippen LogP contribution < -0.4 is 5.32 Å². The van der Waals surface area contributed by atoms with Gasteiger partial charge in [0, 0.05) is 13.1 Å². The normalized spacial score (nSPS) is 24.5. The Morgan fingerprint density at radius 3 is 3.00 bits per heavy atom. The minimum Gasteiger partial charge on any atom is -0.306 e. The molecule has 2 heterocycles. The highest BCUT2D eigenvalue weighted by molar-refractivity contribution is 7.91. The van der Waals surface area contributed by atoms with E-state index in [1.807, 2.05) is 0 Å². The first-order valence-corrected chi connectivity index (χ1v) is 6.66. The SMILES string of the molecule is Cn1cnc(CNC2CCS(=O)(=O)C2)n1. The van der Waals surface area contributed by atoms with Gasteiger partial charge in [-0.25, -0.2) is 13.4 Å². The van der Waals surface area contributed by atoms with Crippen LogP contribution in [0.5, 0.6) is 0 Å². The van der Waals surface area contributed by atoms with Gasteiger partial charge in [0.05, 0.1) is 18.1 Å². The fourth-order valence-corrected chi connectivity index (χ4v) is 3.36. The van der Waals surface area contributed by atoms with Crippen LogP contribution in [0.25, 0.3) is 0 Å². The van der Waals surface area contributed by atoms with Gasteiger partial charge in [0.2, 0.25) is 0 Å². The van der Waals surface area contributed by atoms with Crippen LogP contribution in [0.2, 0.25) is 0 Å². The third-order valence-electron chi connectivity index (χ3n) is 2.43. The molecule has 0 amide bonds. The highest BCUT2D eigenvalue weighted by Gasteiger charge is 2.27. The molecule has 1 saturated heterocycles. The van der Waals surface area contributed by atoms with E-state index in [-0.39, 0.29) is 11.8 Å². The molecule has 0 bridgehead atoms. The number of aryl methyl sites for hydroxylation is 1. The summed E-state index contributed by atoms with van der Waals surface area (Å²) in [6.07, 6.45) is 2.32. The van der Waals surface area contributed by atoms with Gasteiger partial charge >= 0.3 is 0 Å². The highest BCUT2D eigenvalue weighted by Crippen LogP contribution is 2.11. The quantitative estimate of drug-likeness (QED) is 0.727. The second-order valence-electron chi connectivity index (χ2n) is 3.82. The fraction of sp³-hybridized carbons (Fsp3) is 0.750. The molecule has 1 fully saturated rings. The number of nitrogens with one attached hydrogen (secondary N) is 1. The molecule has 7 heteroatoms. The van der Waals surface area contributed by atoms with E-state index < -0.39 is 9.84 Å². The van der Waals surface area contributed by atoms with Crippen molar-refractivity contribution < 1.29 is 8.42 Å². The monoisotopic (exact) mass is 230 g/mol. The Kier molecular flexibility index (Phi) is 2.74. The molecule has 1 aromatic rings. The molecule has 0 spiro atoms. The average Bonchev–Trinajstić information content (AvgIpc) is 2.69. The highest BCUT2D eigenvalue weighted by atomic mass is 32.2. The van der Waals surface area contributed by atoms with E-state index in [2.05, 4.69) is 15.4 Å². The van der Waals surface area contributed by atoms with Crippen molar-refractivity contribution in [3.05, 3.63) is 12.2 Å². The molecule has 1 aromatic heterocycles. The van der Waals surface area contributed by atoms with Crippen LogP contribution in [0.3, 0.4) is 0 Å². The van der Waals surface area contributed by atoms with Gasteiger partial charge in [-0.2, -0.15) is 5.10 Å². The number of nitrogens with zero attached hydrogens (tertiary/aromatic N) is 3. The third-order valence-corrected chi connectivity index (χ3v) is 4.20. The van der Waals surface area contributed by atoms with Crippen LogP contribution in [0.1, 0.15) is 12.2 Å². The summed E-state index contributed by atoms with van der Waals surface area (Å²) in [5.74, 6) is 1.22. The first-order chi connectivity index (χ1) is 7.05. The van der Waals surface area contributed by atoms with E-state index in [1.54, 1.807) is 18.1 Å².